The van der Waals surface area contributed by atoms with Crippen LogP contribution in [0.3, 0.4) is 0 Å². The van der Waals surface area contributed by atoms with Gasteiger partial charge in [0.05, 0.1) is 5.71 Å². The highest BCUT2D eigenvalue weighted by Crippen LogP contribution is 2.68. The molecule has 0 aromatic carbocycles. The predicted octanol–water partition coefficient (Wildman–Crippen LogP) is 8.49. The van der Waals surface area contributed by atoms with Gasteiger partial charge in [-0.05, 0) is 91.3 Å². The summed E-state index contributed by atoms with van der Waals surface area (Å²) in [7, 11) is 0. The van der Waals surface area contributed by atoms with Gasteiger partial charge in [0.25, 0.3) is 0 Å². The number of hydrogen-bond donors (Lipinski definition) is 1. The Hall–Kier alpha value is -0.790. The Morgan fingerprint density at radius 1 is 1.00 bits per heavy atom. The lowest BCUT2D eigenvalue weighted by molar-refractivity contribution is -0.0511. The minimum absolute atomic E-state index is 0.0867. The third-order valence-corrected chi connectivity index (χ3v) is 11.1. The predicted molar refractivity (Wildman–Crippen MR) is 131 cm³/mol. The molecule has 7 atom stereocenters. The molecule has 0 amide bonds. The lowest BCUT2D eigenvalue weighted by Crippen LogP contribution is -2.53. The summed E-state index contributed by atoms with van der Waals surface area (Å²) >= 11 is 0. The molecule has 3 saturated carbocycles. The lowest BCUT2D eigenvalue weighted by Gasteiger charge is -2.60. The maximum Gasteiger partial charge on any atom is 0.0667 e. The molecule has 0 radical (unpaired) electrons. The van der Waals surface area contributed by atoms with E-state index in [-0.39, 0.29) is 5.41 Å². The number of hydrogen-bond acceptors (Lipinski definition) is 2. The molecule has 0 aromatic rings. The van der Waals surface area contributed by atoms with E-state index in [1.165, 1.54) is 57.8 Å². The van der Waals surface area contributed by atoms with Gasteiger partial charge in [0.1, 0.15) is 0 Å². The molecule has 4 aliphatic rings. The first kappa shape index (κ1) is 23.4. The van der Waals surface area contributed by atoms with Gasteiger partial charge in [0.2, 0.25) is 0 Å². The highest BCUT2D eigenvalue weighted by Gasteiger charge is 2.60. The van der Waals surface area contributed by atoms with Gasteiger partial charge in [-0.1, -0.05) is 84.5 Å². The zero-order valence-corrected chi connectivity index (χ0v) is 21.5. The monoisotopic (exact) mass is 427 g/mol. The number of rotatable bonds is 5. The zero-order chi connectivity index (χ0) is 22.6. The molecule has 0 saturated heterocycles. The summed E-state index contributed by atoms with van der Waals surface area (Å²) in [5.74, 6) is 5.25. The Bertz CT molecular complexity index is 733. The number of fused-ring (bicyclic) bond motifs is 5. The molecule has 2 nitrogen and oxygen atoms in total. The molecule has 4 aliphatic carbocycles. The Morgan fingerprint density at radius 2 is 1.74 bits per heavy atom. The van der Waals surface area contributed by atoms with Crippen LogP contribution in [0.4, 0.5) is 0 Å². The number of allylic oxidation sites excluding steroid dienone is 2. The quantitative estimate of drug-likeness (QED) is 0.266. The summed E-state index contributed by atoms with van der Waals surface area (Å²) in [6.07, 6.45) is 16.0. The maximum atomic E-state index is 9.62. The smallest absolute Gasteiger partial charge is 0.0667 e. The standard InChI is InChI=1S/C29H49NO/c1-19(2)9-8-10-20(3)22-12-13-23-21-11-14-25-27(4,5)26(30-31)16-18-29(25,7)24(21)15-17-28(22,23)6/h14,19-24,31H,8-13,15-18H2,1-7H3/b30-26+/t20-,21+,22-,23+,24+,28-,29-/m1/s1. The second-order valence-electron chi connectivity index (χ2n) is 13.3. The minimum Gasteiger partial charge on any atom is -0.411 e. The normalized spacial score (nSPS) is 43.9. The van der Waals surface area contributed by atoms with Crippen LogP contribution in [0.2, 0.25) is 0 Å². The Kier molecular flexibility index (Phi) is 6.19. The van der Waals surface area contributed by atoms with Crippen molar-refractivity contribution in [3.8, 4) is 0 Å². The van der Waals surface area contributed by atoms with Crippen LogP contribution < -0.4 is 0 Å². The molecular weight excluding hydrogens is 378 g/mol. The Labute approximate surface area is 192 Å². The van der Waals surface area contributed by atoms with E-state index in [9.17, 15) is 5.21 Å². The van der Waals surface area contributed by atoms with E-state index in [0.29, 0.717) is 10.8 Å². The zero-order valence-electron chi connectivity index (χ0n) is 21.5. The highest BCUT2D eigenvalue weighted by molar-refractivity contribution is 5.93. The van der Waals surface area contributed by atoms with Crippen LogP contribution in [-0.4, -0.2) is 10.9 Å². The van der Waals surface area contributed by atoms with E-state index in [1.807, 2.05) is 0 Å². The number of nitrogens with zero attached hydrogens (tertiary/aromatic N) is 1. The third kappa shape index (κ3) is 3.63. The van der Waals surface area contributed by atoms with E-state index in [2.05, 4.69) is 59.7 Å². The van der Waals surface area contributed by atoms with E-state index >= 15 is 0 Å². The molecule has 0 unspecified atom stereocenters. The first-order chi connectivity index (χ1) is 14.6. The maximum absolute atomic E-state index is 9.62. The van der Waals surface area contributed by atoms with Gasteiger partial charge in [-0.15, -0.1) is 0 Å². The van der Waals surface area contributed by atoms with Crippen LogP contribution >= 0.6 is 0 Å². The molecule has 0 heterocycles. The van der Waals surface area contributed by atoms with Crippen molar-refractivity contribution in [1.82, 2.24) is 0 Å². The highest BCUT2D eigenvalue weighted by atomic mass is 16.4. The molecular formula is C29H49NO. The van der Waals surface area contributed by atoms with E-state index in [1.54, 1.807) is 5.57 Å². The van der Waals surface area contributed by atoms with Gasteiger partial charge in [0, 0.05) is 5.41 Å². The SMILES string of the molecule is CC(C)CCC[C@@H](C)[C@H]1CC[C@H]2[C@@H]3CC=C4C(C)(C)/C(=N/O)CC[C@]4(C)[C@H]3CC[C@]12C. The second-order valence-corrected chi connectivity index (χ2v) is 13.3. The lowest BCUT2D eigenvalue weighted by atomic mass is 9.44. The Morgan fingerprint density at radius 3 is 2.42 bits per heavy atom. The molecule has 1 N–H and O–H groups in total. The van der Waals surface area contributed by atoms with Crippen molar-refractivity contribution in [2.24, 2.45) is 56.9 Å². The van der Waals surface area contributed by atoms with Crippen LogP contribution in [0.1, 0.15) is 113 Å². The summed E-state index contributed by atoms with van der Waals surface area (Å²) in [5.41, 5.74) is 3.34. The van der Waals surface area contributed by atoms with Gasteiger partial charge in [-0.3, -0.25) is 0 Å². The van der Waals surface area contributed by atoms with Gasteiger partial charge >= 0.3 is 0 Å². The topological polar surface area (TPSA) is 32.6 Å². The van der Waals surface area contributed by atoms with E-state index in [0.717, 1.165) is 47.6 Å². The fourth-order valence-electron chi connectivity index (χ4n) is 9.43. The van der Waals surface area contributed by atoms with Crippen molar-refractivity contribution in [3.05, 3.63) is 11.6 Å². The summed E-state index contributed by atoms with van der Waals surface area (Å²) < 4.78 is 0. The molecule has 2 heteroatoms. The molecule has 0 bridgehead atoms. The van der Waals surface area contributed by atoms with Crippen molar-refractivity contribution < 1.29 is 5.21 Å². The summed E-state index contributed by atoms with van der Waals surface area (Å²) in [4.78, 5) is 0. The molecule has 31 heavy (non-hydrogen) atoms. The minimum atomic E-state index is -0.0867. The van der Waals surface area contributed by atoms with Crippen molar-refractivity contribution in [2.75, 3.05) is 0 Å². The van der Waals surface area contributed by atoms with Crippen LogP contribution in [0.25, 0.3) is 0 Å². The first-order valence-electron chi connectivity index (χ1n) is 13.5. The number of oxime groups is 1. The summed E-state index contributed by atoms with van der Waals surface area (Å²) in [6, 6.07) is 0. The largest absolute Gasteiger partial charge is 0.411 e. The third-order valence-electron chi connectivity index (χ3n) is 11.1. The molecule has 3 fully saturated rings. The fourth-order valence-corrected chi connectivity index (χ4v) is 9.43. The van der Waals surface area contributed by atoms with Gasteiger partial charge in [0.15, 0.2) is 0 Å². The second kappa shape index (κ2) is 8.21. The van der Waals surface area contributed by atoms with Gasteiger partial charge < -0.3 is 5.21 Å². The van der Waals surface area contributed by atoms with Crippen LogP contribution in [-0.2, 0) is 0 Å². The first-order valence-corrected chi connectivity index (χ1v) is 13.5. The summed E-state index contributed by atoms with van der Waals surface area (Å²) in [6.45, 7) is 17.2. The van der Waals surface area contributed by atoms with Crippen LogP contribution in [0.15, 0.2) is 16.8 Å². The summed E-state index contributed by atoms with van der Waals surface area (Å²) in [5, 5.41) is 13.4. The molecule has 0 aromatic heterocycles. The van der Waals surface area contributed by atoms with Crippen LogP contribution in [0.5, 0.6) is 0 Å². The molecule has 0 aliphatic heterocycles. The molecule has 4 rings (SSSR count). The fraction of sp³-hybridized carbons (Fsp3) is 0.897. The van der Waals surface area contributed by atoms with E-state index < -0.39 is 0 Å². The molecule has 176 valence electrons. The van der Waals surface area contributed by atoms with E-state index in [4.69, 9.17) is 0 Å². The average Bonchev–Trinajstić information content (AvgIpc) is 3.04. The van der Waals surface area contributed by atoms with Gasteiger partial charge in [-0.25, -0.2) is 0 Å². The average molecular weight is 428 g/mol. The van der Waals surface area contributed by atoms with Gasteiger partial charge in [-0.2, -0.15) is 0 Å². The van der Waals surface area contributed by atoms with Crippen molar-refractivity contribution >= 4 is 5.71 Å². The van der Waals surface area contributed by atoms with Crippen LogP contribution in [0, 0.1) is 51.8 Å². The molecule has 0 spiro atoms. The Balaban J connectivity index is 1.55. The van der Waals surface area contributed by atoms with Crippen molar-refractivity contribution in [1.29, 1.82) is 0 Å². The van der Waals surface area contributed by atoms with Crippen molar-refractivity contribution in [2.45, 2.75) is 113 Å². The van der Waals surface area contributed by atoms with Crippen molar-refractivity contribution in [3.63, 3.8) is 0 Å².